The third-order valence-corrected chi connectivity index (χ3v) is 8.11. The normalized spacial score (nSPS) is 19.8. The van der Waals surface area contributed by atoms with Crippen molar-refractivity contribution in [2.45, 2.75) is 49.2 Å². The van der Waals surface area contributed by atoms with Gasteiger partial charge in [0.15, 0.2) is 0 Å². The zero-order valence-corrected chi connectivity index (χ0v) is 19.8. The van der Waals surface area contributed by atoms with Gasteiger partial charge in [-0.3, -0.25) is 4.79 Å². The van der Waals surface area contributed by atoms with Crippen molar-refractivity contribution in [3.8, 4) is 0 Å². The molecule has 35 heavy (non-hydrogen) atoms. The van der Waals surface area contributed by atoms with E-state index in [0.717, 1.165) is 18.9 Å². The molecule has 13 heteroatoms. The Morgan fingerprint density at radius 3 is 2.46 bits per heavy atom. The largest absolute Gasteiger partial charge is 0.416 e. The fraction of sp³-hybridized carbons (Fsp3) is 0.500. The summed E-state index contributed by atoms with van der Waals surface area (Å²) < 4.78 is 68.3. The van der Waals surface area contributed by atoms with Gasteiger partial charge in [-0.15, -0.1) is 0 Å². The second kappa shape index (κ2) is 9.70. The Balaban J connectivity index is 1.75. The summed E-state index contributed by atoms with van der Waals surface area (Å²) >= 11 is 0. The first-order valence-corrected chi connectivity index (χ1v) is 12.8. The maximum absolute atomic E-state index is 13.7. The number of piperidine rings is 1. The van der Waals surface area contributed by atoms with Crippen LogP contribution >= 0.6 is 0 Å². The fourth-order valence-corrected chi connectivity index (χ4v) is 6.05. The van der Waals surface area contributed by atoms with Crippen molar-refractivity contribution in [2.75, 3.05) is 31.1 Å². The number of hydrogen-bond acceptors (Lipinski definition) is 7. The lowest BCUT2D eigenvalue weighted by atomic mass is 10.0. The van der Waals surface area contributed by atoms with Crippen LogP contribution in [-0.2, 0) is 22.6 Å². The predicted molar refractivity (Wildman–Crippen MR) is 122 cm³/mol. The van der Waals surface area contributed by atoms with Crippen LogP contribution in [0, 0.1) is 0 Å². The number of nitrogens with zero attached hydrogens (tertiary/aromatic N) is 4. The summed E-state index contributed by atoms with van der Waals surface area (Å²) in [4.78, 5) is 22.0. The first-order valence-electron chi connectivity index (χ1n) is 11.3. The van der Waals surface area contributed by atoms with Crippen LogP contribution in [0.25, 0.3) is 0 Å². The van der Waals surface area contributed by atoms with Crippen molar-refractivity contribution in [1.29, 1.82) is 0 Å². The van der Waals surface area contributed by atoms with E-state index in [-0.39, 0.29) is 48.3 Å². The van der Waals surface area contributed by atoms with E-state index in [1.54, 1.807) is 0 Å². The molecule has 9 nitrogen and oxygen atoms in total. The molecule has 0 aliphatic carbocycles. The van der Waals surface area contributed by atoms with Crippen molar-refractivity contribution in [3.63, 3.8) is 0 Å². The van der Waals surface area contributed by atoms with Crippen molar-refractivity contribution < 1.29 is 26.4 Å². The molecule has 4 rings (SSSR count). The Kier molecular flexibility index (Phi) is 7.02. The molecule has 0 unspecified atom stereocenters. The third-order valence-electron chi connectivity index (χ3n) is 6.23. The Hall–Kier alpha value is -2.77. The molecule has 0 bridgehead atoms. The molecule has 1 atom stereocenters. The molecule has 2 aliphatic rings. The number of hydrogen-bond donors (Lipinski definition) is 2. The number of alkyl halides is 3. The van der Waals surface area contributed by atoms with Crippen LogP contribution in [0.4, 0.5) is 19.1 Å². The molecule has 0 spiro atoms. The van der Waals surface area contributed by atoms with E-state index >= 15 is 0 Å². The van der Waals surface area contributed by atoms with E-state index in [1.165, 1.54) is 16.6 Å². The Bertz CT molecular complexity index is 1220. The molecule has 2 fully saturated rings. The summed E-state index contributed by atoms with van der Waals surface area (Å²) in [6, 6.07) is 2.64. The number of sulfonamides is 1. The van der Waals surface area contributed by atoms with Gasteiger partial charge in [0.05, 0.1) is 21.7 Å². The monoisotopic (exact) mass is 512 g/mol. The lowest BCUT2D eigenvalue weighted by Gasteiger charge is -2.31. The van der Waals surface area contributed by atoms with E-state index in [1.807, 2.05) is 4.90 Å². The zero-order chi connectivity index (χ0) is 25.4. The Morgan fingerprint density at radius 2 is 1.83 bits per heavy atom. The minimum absolute atomic E-state index is 0.0418. The van der Waals surface area contributed by atoms with E-state index in [0.29, 0.717) is 32.0 Å². The van der Waals surface area contributed by atoms with Crippen LogP contribution in [-0.4, -0.2) is 60.8 Å². The Morgan fingerprint density at radius 1 is 1.11 bits per heavy atom. The van der Waals surface area contributed by atoms with Crippen molar-refractivity contribution >= 4 is 21.9 Å². The van der Waals surface area contributed by atoms with Crippen molar-refractivity contribution in [2.24, 2.45) is 11.5 Å². The molecule has 1 aromatic carbocycles. The number of primary amides is 1. The summed E-state index contributed by atoms with van der Waals surface area (Å²) in [7, 11) is -4.11. The minimum atomic E-state index is -4.77. The highest BCUT2D eigenvalue weighted by Gasteiger charge is 2.35. The van der Waals surface area contributed by atoms with Crippen molar-refractivity contribution in [3.05, 3.63) is 46.8 Å². The second-order valence-electron chi connectivity index (χ2n) is 8.89. The molecular weight excluding hydrogens is 485 g/mol. The number of nitrogens with two attached hydrogens (primary N) is 2. The van der Waals surface area contributed by atoms with Gasteiger partial charge >= 0.3 is 6.18 Å². The summed E-state index contributed by atoms with van der Waals surface area (Å²) in [6.07, 6.45) is -0.786. The summed E-state index contributed by atoms with van der Waals surface area (Å²) in [5.41, 5.74) is 10.5. The molecule has 2 aliphatic heterocycles. The topological polar surface area (TPSA) is 136 Å². The molecule has 3 heterocycles. The van der Waals surface area contributed by atoms with Crippen LogP contribution < -0.4 is 16.4 Å². The number of aromatic nitrogens is 2. The maximum Gasteiger partial charge on any atom is 0.416 e. The van der Waals surface area contributed by atoms with E-state index in [4.69, 9.17) is 11.5 Å². The van der Waals surface area contributed by atoms with Crippen LogP contribution in [0.5, 0.6) is 0 Å². The van der Waals surface area contributed by atoms with Gasteiger partial charge in [0.25, 0.3) is 5.91 Å². The number of amides is 1. The number of anilines is 1. The van der Waals surface area contributed by atoms with Gasteiger partial charge in [-0.25, -0.2) is 18.4 Å². The lowest BCUT2D eigenvalue weighted by molar-refractivity contribution is -0.137. The third kappa shape index (κ3) is 5.57. The first kappa shape index (κ1) is 25.3. The van der Waals surface area contributed by atoms with Gasteiger partial charge in [-0.1, -0.05) is 0 Å². The van der Waals surface area contributed by atoms with Gasteiger partial charge in [0.2, 0.25) is 16.0 Å². The second-order valence-corrected chi connectivity index (χ2v) is 10.8. The average molecular weight is 513 g/mol. The zero-order valence-electron chi connectivity index (χ0n) is 19.0. The van der Waals surface area contributed by atoms with Crippen LogP contribution in [0.3, 0.4) is 0 Å². The quantitative estimate of drug-likeness (QED) is 0.603. The number of halogens is 3. The standard InChI is InChI=1S/C22H27F3N6O3S/c23-22(24,25)15-8-14(9-17(11-15)35(33,34)31-6-1-2-7-31)10-19-18(20(27)32)12-28-21(29-19)30-5-3-4-16(26)13-30/h8-9,11-12,16H,1-7,10,13,26H2,(H2,27,32)/t16-/m0/s1. The molecule has 190 valence electrons. The Labute approximate surface area is 201 Å². The highest BCUT2D eigenvalue weighted by Crippen LogP contribution is 2.34. The lowest BCUT2D eigenvalue weighted by Crippen LogP contribution is -2.43. The SMILES string of the molecule is NC(=O)c1cnc(N2CCC[C@H](N)C2)nc1Cc1cc(C(F)(F)F)cc(S(=O)(=O)N2CCCC2)c1. The fourth-order valence-electron chi connectivity index (χ4n) is 4.44. The smallest absolute Gasteiger partial charge is 0.365 e. The van der Waals surface area contributed by atoms with Crippen LogP contribution in [0.15, 0.2) is 29.3 Å². The highest BCUT2D eigenvalue weighted by molar-refractivity contribution is 7.89. The summed E-state index contributed by atoms with van der Waals surface area (Å²) in [5.74, 6) is -0.546. The highest BCUT2D eigenvalue weighted by atomic mass is 32.2. The van der Waals surface area contributed by atoms with E-state index in [9.17, 15) is 26.4 Å². The predicted octanol–water partition coefficient (Wildman–Crippen LogP) is 1.90. The number of benzene rings is 1. The summed E-state index contributed by atoms with van der Waals surface area (Å²) in [5, 5.41) is 0. The van der Waals surface area contributed by atoms with Gasteiger partial charge < -0.3 is 16.4 Å². The van der Waals surface area contributed by atoms with Crippen LogP contribution in [0.2, 0.25) is 0 Å². The minimum Gasteiger partial charge on any atom is -0.365 e. The molecule has 1 aromatic heterocycles. The molecule has 2 saturated heterocycles. The number of carbonyl (C=O) groups excluding carboxylic acids is 1. The van der Waals surface area contributed by atoms with Crippen LogP contribution in [0.1, 0.15) is 52.9 Å². The van der Waals surface area contributed by atoms with Gasteiger partial charge in [0, 0.05) is 44.8 Å². The number of rotatable bonds is 6. The molecular formula is C22H27F3N6O3S. The van der Waals surface area contributed by atoms with Gasteiger partial charge in [0.1, 0.15) is 0 Å². The molecule has 0 saturated carbocycles. The van der Waals surface area contributed by atoms with E-state index in [2.05, 4.69) is 9.97 Å². The molecule has 0 radical (unpaired) electrons. The molecule has 4 N–H and O–H groups in total. The number of carbonyl (C=O) groups is 1. The molecule has 1 amide bonds. The first-order chi connectivity index (χ1) is 16.4. The van der Waals surface area contributed by atoms with Gasteiger partial charge in [-0.2, -0.15) is 17.5 Å². The summed E-state index contributed by atoms with van der Waals surface area (Å²) in [6.45, 7) is 1.65. The van der Waals surface area contributed by atoms with Gasteiger partial charge in [-0.05, 0) is 49.4 Å². The van der Waals surface area contributed by atoms with E-state index < -0.39 is 32.6 Å². The average Bonchev–Trinajstić information content (AvgIpc) is 3.34. The maximum atomic E-state index is 13.7. The van der Waals surface area contributed by atoms with Crippen molar-refractivity contribution in [1.82, 2.24) is 14.3 Å². The molecule has 2 aromatic rings.